The highest BCUT2D eigenvalue weighted by atomic mass is 16.6. The van der Waals surface area contributed by atoms with E-state index in [2.05, 4.69) is 10.6 Å². The molecular weight excluding hydrogens is 248 g/mol. The average Bonchev–Trinajstić information content (AvgIpc) is 2.20. The molecule has 0 aliphatic heterocycles. The predicted molar refractivity (Wildman–Crippen MR) is 73.1 cm³/mol. The first-order chi connectivity index (χ1) is 8.53. The number of amides is 1. The number of alkyl carbamates (subject to hydrolysis) is 1. The van der Waals surface area contributed by atoms with E-state index in [-0.39, 0.29) is 12.0 Å². The summed E-state index contributed by atoms with van der Waals surface area (Å²) < 4.78 is 5.18. The molecule has 0 aromatic carbocycles. The predicted octanol–water partition coefficient (Wildman–Crippen LogP) is 1.60. The Kier molecular flexibility index (Phi) is 6.83. The molecule has 1 amide bonds. The molecule has 0 aromatic rings. The van der Waals surface area contributed by atoms with E-state index in [9.17, 15) is 9.59 Å². The van der Waals surface area contributed by atoms with Crippen molar-refractivity contribution in [2.75, 3.05) is 6.54 Å². The topological polar surface area (TPSA) is 87.7 Å². The van der Waals surface area contributed by atoms with Crippen LogP contribution in [0.3, 0.4) is 0 Å². The Morgan fingerprint density at radius 2 is 1.74 bits per heavy atom. The van der Waals surface area contributed by atoms with Crippen LogP contribution in [0.1, 0.15) is 41.5 Å². The van der Waals surface area contributed by atoms with Crippen LogP contribution in [0.25, 0.3) is 0 Å². The maximum absolute atomic E-state index is 11.7. The Hall–Kier alpha value is -1.30. The van der Waals surface area contributed by atoms with E-state index in [1.54, 1.807) is 27.7 Å². The smallest absolute Gasteiger partial charge is 0.407 e. The van der Waals surface area contributed by atoms with Crippen molar-refractivity contribution in [1.29, 1.82) is 0 Å². The maximum Gasteiger partial charge on any atom is 0.407 e. The third-order valence-corrected chi connectivity index (χ3v) is 2.52. The molecule has 0 heterocycles. The number of rotatable bonds is 6. The summed E-state index contributed by atoms with van der Waals surface area (Å²) in [6.07, 6.45) is -0.490. The Morgan fingerprint density at radius 3 is 2.11 bits per heavy atom. The van der Waals surface area contributed by atoms with Crippen LogP contribution in [-0.4, -0.2) is 41.4 Å². The van der Waals surface area contributed by atoms with Gasteiger partial charge in [-0.15, -0.1) is 0 Å². The summed E-state index contributed by atoms with van der Waals surface area (Å²) in [6, 6.07) is -0.835. The van der Waals surface area contributed by atoms with Crippen LogP contribution in [0.4, 0.5) is 4.79 Å². The van der Waals surface area contributed by atoms with Gasteiger partial charge in [0.05, 0.1) is 0 Å². The van der Waals surface area contributed by atoms with Crippen molar-refractivity contribution in [3.05, 3.63) is 0 Å². The van der Waals surface area contributed by atoms with Crippen LogP contribution < -0.4 is 10.6 Å². The minimum atomic E-state index is -0.917. The number of carboxylic acids is 1. The van der Waals surface area contributed by atoms with E-state index in [1.807, 2.05) is 13.8 Å². The first kappa shape index (κ1) is 17.7. The second kappa shape index (κ2) is 7.33. The van der Waals surface area contributed by atoms with Gasteiger partial charge in [0, 0.05) is 12.6 Å². The van der Waals surface area contributed by atoms with Crippen LogP contribution in [0.5, 0.6) is 0 Å². The summed E-state index contributed by atoms with van der Waals surface area (Å²) in [5.74, 6) is -0.749. The minimum Gasteiger partial charge on any atom is -0.480 e. The zero-order valence-electron chi connectivity index (χ0n) is 12.6. The monoisotopic (exact) mass is 274 g/mol. The highest BCUT2D eigenvalue weighted by molar-refractivity contribution is 5.72. The van der Waals surface area contributed by atoms with Gasteiger partial charge in [0.2, 0.25) is 0 Å². The number of aliphatic carboxylic acids is 1. The van der Waals surface area contributed by atoms with Gasteiger partial charge in [0.1, 0.15) is 11.6 Å². The van der Waals surface area contributed by atoms with Crippen molar-refractivity contribution in [3.8, 4) is 0 Å². The maximum atomic E-state index is 11.7. The number of hydrogen-bond donors (Lipinski definition) is 3. The number of carbonyl (C=O) groups is 2. The Balaban J connectivity index is 4.35. The lowest BCUT2D eigenvalue weighted by atomic mass is 10.0. The van der Waals surface area contributed by atoms with Crippen molar-refractivity contribution >= 4 is 12.1 Å². The van der Waals surface area contributed by atoms with Crippen LogP contribution in [0.15, 0.2) is 0 Å². The van der Waals surface area contributed by atoms with Gasteiger partial charge >= 0.3 is 12.1 Å². The summed E-state index contributed by atoms with van der Waals surface area (Å²) in [5, 5.41) is 14.4. The molecule has 0 spiro atoms. The van der Waals surface area contributed by atoms with E-state index in [1.165, 1.54) is 0 Å². The fourth-order valence-corrected chi connectivity index (χ4v) is 1.30. The minimum absolute atomic E-state index is 0.168. The molecule has 0 rings (SSSR count). The van der Waals surface area contributed by atoms with Crippen molar-refractivity contribution in [3.63, 3.8) is 0 Å². The molecule has 0 fully saturated rings. The first-order valence-electron chi connectivity index (χ1n) is 6.48. The number of hydrogen-bond acceptors (Lipinski definition) is 4. The Labute approximate surface area is 114 Å². The van der Waals surface area contributed by atoms with E-state index >= 15 is 0 Å². The van der Waals surface area contributed by atoms with Crippen LogP contribution >= 0.6 is 0 Å². The van der Waals surface area contributed by atoms with Gasteiger partial charge in [0.25, 0.3) is 0 Å². The lowest BCUT2D eigenvalue weighted by Crippen LogP contribution is -2.49. The van der Waals surface area contributed by atoms with Crippen molar-refractivity contribution < 1.29 is 19.4 Å². The average molecular weight is 274 g/mol. The fourth-order valence-electron chi connectivity index (χ4n) is 1.30. The standard InChI is InChI=1S/C13H26N2O4/c1-8(2)10(7-14-9(3)11(16)17)15-12(18)19-13(4,5)6/h8-10,14H,7H2,1-6H3,(H,15,18)(H,16,17). The zero-order chi connectivity index (χ0) is 15.2. The van der Waals surface area contributed by atoms with Gasteiger partial charge in [-0.1, -0.05) is 13.8 Å². The summed E-state index contributed by atoms with van der Waals surface area (Å²) in [7, 11) is 0. The molecule has 2 unspecified atom stereocenters. The normalized spacial score (nSPS) is 14.9. The molecule has 0 radical (unpaired) electrons. The van der Waals surface area contributed by atoms with E-state index in [4.69, 9.17) is 9.84 Å². The van der Waals surface area contributed by atoms with Crippen LogP contribution in [0.2, 0.25) is 0 Å². The number of ether oxygens (including phenoxy) is 1. The molecule has 0 aliphatic carbocycles. The molecule has 2 atom stereocenters. The van der Waals surface area contributed by atoms with Crippen LogP contribution in [-0.2, 0) is 9.53 Å². The molecule has 0 aliphatic rings. The van der Waals surface area contributed by atoms with Gasteiger partial charge in [-0.2, -0.15) is 0 Å². The van der Waals surface area contributed by atoms with Crippen molar-refractivity contribution in [2.24, 2.45) is 5.92 Å². The molecule has 3 N–H and O–H groups in total. The third kappa shape index (κ3) is 8.42. The van der Waals surface area contributed by atoms with E-state index in [0.29, 0.717) is 6.54 Å². The van der Waals surface area contributed by atoms with E-state index in [0.717, 1.165) is 0 Å². The number of carboxylic acid groups (broad SMARTS) is 1. The largest absolute Gasteiger partial charge is 0.480 e. The first-order valence-corrected chi connectivity index (χ1v) is 6.48. The fraction of sp³-hybridized carbons (Fsp3) is 0.846. The van der Waals surface area contributed by atoms with Gasteiger partial charge < -0.3 is 20.5 Å². The van der Waals surface area contributed by atoms with Gasteiger partial charge in [0.15, 0.2) is 0 Å². The lowest BCUT2D eigenvalue weighted by Gasteiger charge is -2.26. The molecule has 0 aromatic heterocycles. The van der Waals surface area contributed by atoms with Gasteiger partial charge in [-0.3, -0.25) is 4.79 Å². The number of carbonyl (C=O) groups excluding carboxylic acids is 1. The third-order valence-electron chi connectivity index (χ3n) is 2.52. The summed E-state index contributed by atoms with van der Waals surface area (Å²) in [5.41, 5.74) is -0.548. The molecule has 0 bridgehead atoms. The SMILES string of the molecule is CC(NCC(NC(=O)OC(C)(C)C)C(C)C)C(=O)O. The quantitative estimate of drug-likeness (QED) is 0.684. The molecule has 6 heteroatoms. The molecular formula is C13H26N2O4. The summed E-state index contributed by atoms with van der Waals surface area (Å²) in [6.45, 7) is 11.2. The molecule has 6 nitrogen and oxygen atoms in total. The van der Waals surface area contributed by atoms with Crippen molar-refractivity contribution in [2.45, 2.75) is 59.2 Å². The highest BCUT2D eigenvalue weighted by Crippen LogP contribution is 2.08. The zero-order valence-corrected chi connectivity index (χ0v) is 12.6. The van der Waals surface area contributed by atoms with E-state index < -0.39 is 23.7 Å². The highest BCUT2D eigenvalue weighted by Gasteiger charge is 2.22. The summed E-state index contributed by atoms with van der Waals surface area (Å²) in [4.78, 5) is 22.4. The molecule has 0 saturated carbocycles. The van der Waals surface area contributed by atoms with Gasteiger partial charge in [-0.05, 0) is 33.6 Å². The van der Waals surface area contributed by atoms with Gasteiger partial charge in [-0.25, -0.2) is 4.79 Å². The second-order valence-corrected chi connectivity index (χ2v) is 5.96. The molecule has 0 saturated heterocycles. The Morgan fingerprint density at radius 1 is 1.21 bits per heavy atom. The molecule has 112 valence electrons. The van der Waals surface area contributed by atoms with Crippen LogP contribution in [0, 0.1) is 5.92 Å². The second-order valence-electron chi connectivity index (χ2n) is 5.96. The number of nitrogens with one attached hydrogen (secondary N) is 2. The lowest BCUT2D eigenvalue weighted by molar-refractivity contribution is -0.139. The summed E-state index contributed by atoms with van der Waals surface area (Å²) >= 11 is 0. The molecule has 19 heavy (non-hydrogen) atoms. The Bertz CT molecular complexity index is 310. The van der Waals surface area contributed by atoms with Crippen molar-refractivity contribution in [1.82, 2.24) is 10.6 Å².